The quantitative estimate of drug-likeness (QED) is 0.294. The largest absolute Gasteiger partial charge is 0.481 e. The Morgan fingerprint density at radius 2 is 1.84 bits per heavy atom. The van der Waals surface area contributed by atoms with Gasteiger partial charge < -0.3 is 14.8 Å². The fraction of sp³-hybridized carbons (Fsp3) is 0.304. The molecule has 0 aliphatic rings. The van der Waals surface area contributed by atoms with E-state index >= 15 is 0 Å². The van der Waals surface area contributed by atoms with E-state index in [0.717, 1.165) is 0 Å². The summed E-state index contributed by atoms with van der Waals surface area (Å²) in [5, 5.41) is 6.73. The van der Waals surface area contributed by atoms with Crippen molar-refractivity contribution in [2.24, 2.45) is 11.0 Å². The smallest absolute Gasteiger partial charge is 0.344 e. The maximum atomic E-state index is 12.6. The maximum Gasteiger partial charge on any atom is 0.344 e. The van der Waals surface area contributed by atoms with Crippen molar-refractivity contribution in [3.05, 3.63) is 64.1 Å². The number of carbonyl (C=O) groups excluding carboxylic acids is 3. The number of rotatable bonds is 10. The highest BCUT2D eigenvalue weighted by Gasteiger charge is 2.24. The van der Waals surface area contributed by atoms with E-state index < -0.39 is 17.9 Å². The Labute approximate surface area is 195 Å². The summed E-state index contributed by atoms with van der Waals surface area (Å²) in [7, 11) is 0. The molecule has 0 radical (unpaired) electrons. The monoisotopic (exact) mass is 503 g/mol. The Balaban J connectivity index is 1.94. The summed E-state index contributed by atoms with van der Waals surface area (Å²) >= 11 is 3.38. The van der Waals surface area contributed by atoms with Crippen molar-refractivity contribution in [1.82, 2.24) is 10.7 Å². The van der Waals surface area contributed by atoms with E-state index in [9.17, 15) is 14.4 Å². The molecule has 170 valence electrons. The second-order valence-corrected chi connectivity index (χ2v) is 7.93. The van der Waals surface area contributed by atoms with Crippen LogP contribution in [0.15, 0.2) is 58.1 Å². The van der Waals surface area contributed by atoms with E-state index in [1.54, 1.807) is 49.4 Å². The lowest BCUT2D eigenvalue weighted by Crippen LogP contribution is -2.48. The van der Waals surface area contributed by atoms with E-state index in [-0.39, 0.29) is 25.0 Å². The fourth-order valence-corrected chi connectivity index (χ4v) is 3.15. The van der Waals surface area contributed by atoms with Crippen LogP contribution < -0.4 is 15.5 Å². The minimum absolute atomic E-state index is 0.136. The van der Waals surface area contributed by atoms with Crippen molar-refractivity contribution in [1.29, 1.82) is 0 Å². The zero-order valence-electron chi connectivity index (χ0n) is 18.1. The van der Waals surface area contributed by atoms with Crippen molar-refractivity contribution >= 4 is 39.9 Å². The molecule has 0 fully saturated rings. The van der Waals surface area contributed by atoms with E-state index in [1.807, 2.05) is 19.9 Å². The lowest BCUT2D eigenvalue weighted by molar-refractivity contribution is -0.145. The van der Waals surface area contributed by atoms with Gasteiger partial charge in [-0.25, -0.2) is 10.2 Å². The molecule has 1 atom stereocenters. The highest BCUT2D eigenvalue weighted by atomic mass is 79.9. The van der Waals surface area contributed by atoms with Crippen LogP contribution in [0.5, 0.6) is 5.75 Å². The van der Waals surface area contributed by atoms with Gasteiger partial charge in [-0.05, 0) is 64.7 Å². The summed E-state index contributed by atoms with van der Waals surface area (Å²) in [6, 6.07) is 13.1. The summed E-state index contributed by atoms with van der Waals surface area (Å²) in [6.07, 6.45) is 1.47. The lowest BCUT2D eigenvalue weighted by atomic mass is 10.0. The first-order valence-corrected chi connectivity index (χ1v) is 10.9. The molecule has 2 N–H and O–H groups in total. The van der Waals surface area contributed by atoms with Gasteiger partial charge in [0.25, 0.3) is 11.8 Å². The number of hydrazone groups is 1. The molecule has 1 unspecified atom stereocenters. The molecular formula is C23H26BrN3O5. The van der Waals surface area contributed by atoms with Crippen molar-refractivity contribution < 1.29 is 23.9 Å². The summed E-state index contributed by atoms with van der Waals surface area (Å²) < 4.78 is 10.8. The van der Waals surface area contributed by atoms with Gasteiger partial charge in [-0.1, -0.05) is 32.0 Å². The van der Waals surface area contributed by atoms with Crippen molar-refractivity contribution in [2.75, 3.05) is 13.2 Å². The third kappa shape index (κ3) is 7.81. The number of hydrogen-bond acceptors (Lipinski definition) is 6. The number of nitrogens with zero attached hydrogens (tertiary/aromatic N) is 1. The highest BCUT2D eigenvalue weighted by molar-refractivity contribution is 9.10. The number of amides is 2. The van der Waals surface area contributed by atoms with Gasteiger partial charge in [0, 0.05) is 5.56 Å². The molecular weight excluding hydrogens is 478 g/mol. The number of hydrogen-bond donors (Lipinski definition) is 2. The molecule has 0 aliphatic heterocycles. The molecule has 2 aromatic carbocycles. The minimum atomic E-state index is -0.745. The molecule has 32 heavy (non-hydrogen) atoms. The number of carbonyl (C=O) groups is 3. The third-order valence-corrected chi connectivity index (χ3v) is 4.89. The second kappa shape index (κ2) is 12.6. The van der Waals surface area contributed by atoms with Crippen LogP contribution in [-0.4, -0.2) is 43.3 Å². The number of benzene rings is 2. The van der Waals surface area contributed by atoms with Crippen LogP contribution in [0, 0.1) is 5.92 Å². The first-order valence-electron chi connectivity index (χ1n) is 10.1. The molecule has 9 heteroatoms. The Hall–Kier alpha value is -3.20. The lowest BCUT2D eigenvalue weighted by Gasteiger charge is -2.20. The molecule has 2 amide bonds. The molecule has 0 aliphatic carbocycles. The van der Waals surface area contributed by atoms with Crippen LogP contribution in [0.1, 0.15) is 36.7 Å². The predicted octanol–water partition coefficient (Wildman–Crippen LogP) is 3.30. The summed E-state index contributed by atoms with van der Waals surface area (Å²) in [4.78, 5) is 36.3. The van der Waals surface area contributed by atoms with Crippen LogP contribution in [-0.2, 0) is 14.3 Å². The molecule has 0 saturated carbocycles. The number of halogens is 1. The Morgan fingerprint density at radius 1 is 1.12 bits per heavy atom. The van der Waals surface area contributed by atoms with Gasteiger partial charge in [-0.2, -0.15) is 5.10 Å². The Bertz CT molecular complexity index is 963. The third-order valence-electron chi connectivity index (χ3n) is 4.27. The molecule has 0 aromatic heterocycles. The van der Waals surface area contributed by atoms with Gasteiger partial charge in [-0.15, -0.1) is 0 Å². The van der Waals surface area contributed by atoms with Crippen LogP contribution in [0.25, 0.3) is 0 Å². The van der Waals surface area contributed by atoms with Crippen molar-refractivity contribution in [2.45, 2.75) is 26.8 Å². The average molecular weight is 504 g/mol. The van der Waals surface area contributed by atoms with E-state index in [1.165, 1.54) is 6.21 Å². The summed E-state index contributed by atoms with van der Waals surface area (Å²) in [6.45, 7) is 5.50. The van der Waals surface area contributed by atoms with Gasteiger partial charge >= 0.3 is 5.97 Å². The van der Waals surface area contributed by atoms with Gasteiger partial charge in [-0.3, -0.25) is 9.59 Å². The fourth-order valence-electron chi connectivity index (χ4n) is 2.64. The zero-order valence-corrected chi connectivity index (χ0v) is 19.7. The van der Waals surface area contributed by atoms with E-state index in [2.05, 4.69) is 31.8 Å². The van der Waals surface area contributed by atoms with Crippen LogP contribution in [0.4, 0.5) is 0 Å². The van der Waals surface area contributed by atoms with Gasteiger partial charge in [0.2, 0.25) is 0 Å². The minimum Gasteiger partial charge on any atom is -0.481 e. The number of nitrogens with one attached hydrogen (secondary N) is 2. The average Bonchev–Trinajstić information content (AvgIpc) is 2.77. The van der Waals surface area contributed by atoms with Crippen LogP contribution in [0.3, 0.4) is 0 Å². The maximum absolute atomic E-state index is 12.6. The van der Waals surface area contributed by atoms with Crippen LogP contribution in [0.2, 0.25) is 0 Å². The van der Waals surface area contributed by atoms with Gasteiger partial charge in [0.1, 0.15) is 11.8 Å². The first-order chi connectivity index (χ1) is 15.3. The summed E-state index contributed by atoms with van der Waals surface area (Å²) in [5.74, 6) is -0.864. The van der Waals surface area contributed by atoms with Gasteiger partial charge in [0.15, 0.2) is 6.61 Å². The molecule has 0 saturated heterocycles. The highest BCUT2D eigenvalue weighted by Crippen LogP contribution is 2.25. The second-order valence-electron chi connectivity index (χ2n) is 7.08. The molecule has 0 bridgehead atoms. The molecule has 2 rings (SSSR count). The zero-order chi connectivity index (χ0) is 23.5. The molecule has 0 heterocycles. The summed E-state index contributed by atoms with van der Waals surface area (Å²) in [5.41, 5.74) is 3.63. The Morgan fingerprint density at radius 3 is 2.47 bits per heavy atom. The standard InChI is InChI=1S/C23H26BrN3O5/c1-4-31-20(28)14-32-19-11-10-16(12-18(19)24)13-25-27-23(30)21(15(2)3)26-22(29)17-8-6-5-7-9-17/h5-13,15,21H,4,14H2,1-3H3,(H,26,29)(H,27,30)/b25-13+. The van der Waals surface area contributed by atoms with Crippen molar-refractivity contribution in [3.63, 3.8) is 0 Å². The van der Waals surface area contributed by atoms with Crippen molar-refractivity contribution in [3.8, 4) is 5.75 Å². The topological polar surface area (TPSA) is 106 Å². The molecule has 8 nitrogen and oxygen atoms in total. The van der Waals surface area contributed by atoms with Gasteiger partial charge in [0.05, 0.1) is 17.3 Å². The molecule has 2 aromatic rings. The number of esters is 1. The number of ether oxygens (including phenoxy) is 2. The Kier molecular flexibility index (Phi) is 9.87. The van der Waals surface area contributed by atoms with E-state index in [0.29, 0.717) is 21.3 Å². The van der Waals surface area contributed by atoms with E-state index in [4.69, 9.17) is 9.47 Å². The first kappa shape index (κ1) is 25.1. The molecule has 0 spiro atoms. The SMILES string of the molecule is CCOC(=O)COc1ccc(/C=N/NC(=O)C(NC(=O)c2ccccc2)C(C)C)cc1Br. The van der Waals surface area contributed by atoms with Crippen LogP contribution >= 0.6 is 15.9 Å². The predicted molar refractivity (Wildman–Crippen MR) is 125 cm³/mol. The normalized spacial score (nSPS) is 11.8.